The maximum absolute atomic E-state index is 12.5. The number of hydrogen-bond donors (Lipinski definition) is 2. The van der Waals surface area contributed by atoms with Crippen molar-refractivity contribution in [3.8, 4) is 80.4 Å². The number of aromatic amines is 1. The van der Waals surface area contributed by atoms with Gasteiger partial charge in [-0.15, -0.1) is 0 Å². The fourth-order valence-corrected chi connectivity index (χ4v) is 29.3. The van der Waals surface area contributed by atoms with E-state index in [2.05, 4.69) is 349 Å². The van der Waals surface area contributed by atoms with Crippen molar-refractivity contribution in [2.24, 2.45) is 0 Å². The minimum atomic E-state index is -2.73. The molecule has 135 heavy (non-hydrogen) atoms. The van der Waals surface area contributed by atoms with E-state index in [1.165, 1.54) is 81.7 Å². The van der Waals surface area contributed by atoms with Crippen molar-refractivity contribution in [1.82, 2.24) is 9.55 Å². The van der Waals surface area contributed by atoms with Gasteiger partial charge in [-0.3, -0.25) is 4.79 Å². The molecule has 5 aliphatic heterocycles. The number of nitrogens with one attached hydrogen (secondary N) is 1. The van der Waals surface area contributed by atoms with Crippen LogP contribution in [0.4, 0.5) is 8.78 Å². The summed E-state index contributed by atoms with van der Waals surface area (Å²) in [7, 11) is -5.31. The molecule has 24 rings (SSSR count). The maximum atomic E-state index is 12.5. The number of rotatable bonds is 8. The second kappa shape index (κ2) is 47.2. The van der Waals surface area contributed by atoms with Gasteiger partial charge in [-0.1, -0.05) is 285 Å². The molecule has 2 N–H and O–H groups in total. The minimum Gasteiger partial charge on any atom is -1.00 e. The Morgan fingerprint density at radius 2 is 0.704 bits per heavy atom. The number of halogens is 10. The third-order valence-corrected chi connectivity index (χ3v) is 36.2. The van der Waals surface area contributed by atoms with Crippen LogP contribution in [0.3, 0.4) is 0 Å². The number of para-hydroxylation sites is 11. The van der Waals surface area contributed by atoms with E-state index in [1.807, 2.05) is 78.9 Å². The summed E-state index contributed by atoms with van der Waals surface area (Å²) < 4.78 is 73.3. The molecule has 0 atom stereocenters. The average molecular weight is 2260 g/mol. The Morgan fingerprint density at radius 3 is 1.07 bits per heavy atom. The Hall–Kier alpha value is -8.83. The van der Waals surface area contributed by atoms with Gasteiger partial charge in [-0.25, -0.2) is 8.78 Å². The van der Waals surface area contributed by atoms with Crippen LogP contribution in [0.5, 0.6) is 74.7 Å². The van der Waals surface area contributed by atoms with Crippen molar-refractivity contribution in [2.75, 3.05) is 13.2 Å². The number of carbonyl (C=O) groups excluding carboxylic acids is 1. The van der Waals surface area contributed by atoms with Gasteiger partial charge in [-0.05, 0) is 233 Å². The minimum absolute atomic E-state index is 0. The van der Waals surface area contributed by atoms with E-state index in [1.54, 1.807) is 30.3 Å². The molecular formula is C108H80Br5Cl3F2K2N2O11Si2. The smallest absolute Gasteiger partial charge is 1.00 e. The van der Waals surface area contributed by atoms with Gasteiger partial charge in [0, 0.05) is 96.9 Å². The summed E-state index contributed by atoms with van der Waals surface area (Å²) in [5.41, 5.74) is 5.78. The number of ether oxygens (including phenoxy) is 7. The van der Waals surface area contributed by atoms with Crippen LogP contribution < -0.4 is 178 Å². The van der Waals surface area contributed by atoms with Gasteiger partial charge in [0.25, 0.3) is 6.47 Å². The van der Waals surface area contributed by atoms with Gasteiger partial charge >= 0.3 is 103 Å². The van der Waals surface area contributed by atoms with E-state index in [0.717, 1.165) is 107 Å². The van der Waals surface area contributed by atoms with Crippen LogP contribution in [0.1, 0.15) is 23.1 Å². The van der Waals surface area contributed by atoms with Gasteiger partial charge < -0.3 is 59.4 Å². The fourth-order valence-electron chi connectivity index (χ4n) is 16.8. The molecule has 27 heteroatoms. The zero-order valence-electron chi connectivity index (χ0n) is 72.5. The largest absolute Gasteiger partial charge is 1.00 e. The number of phenols is 1. The van der Waals surface area contributed by atoms with E-state index in [9.17, 15) is 8.78 Å². The Labute approximate surface area is 926 Å². The van der Waals surface area contributed by atoms with Gasteiger partial charge in [0.15, 0.2) is 16.1 Å². The van der Waals surface area contributed by atoms with E-state index >= 15 is 0 Å². The Morgan fingerprint density at radius 1 is 0.385 bits per heavy atom. The van der Waals surface area contributed by atoms with E-state index in [4.69, 9.17) is 83.1 Å². The normalized spacial score (nSPS) is 12.5. The third-order valence-electron chi connectivity index (χ3n) is 22.3. The quantitative estimate of drug-likeness (QED) is 0.0373. The molecule has 19 aromatic rings. The molecular weight excluding hydrogens is 2180 g/mol. The topological polar surface area (TPSA) is 155 Å². The summed E-state index contributed by atoms with van der Waals surface area (Å²) in [6.45, 7) is 1.82. The number of aromatic nitrogens is 2. The van der Waals surface area contributed by atoms with Crippen LogP contribution >= 0.6 is 114 Å². The Kier molecular flexibility index (Phi) is 35.7. The van der Waals surface area contributed by atoms with Crippen LogP contribution in [0.25, 0.3) is 49.3 Å². The molecule has 7 heterocycles. The molecule has 0 amide bonds. The number of fused-ring (bicyclic) bond motifs is 14. The SMILES string of the molecule is C.C1CCOC1.Clc1cc(Oc2ccccc2Br)c(Br)c(Oc2ccccc2Br)c1.Clc1cc2c3c(c1)Oc1ccccc1[Si]3(c1ccccc1)c1ccccc1O2.Fc1cc(Cl)cc(F)c1Br.O=CO[O-].Oc1ccccc1Br.[2HH].[H-].[K+].[K+].c1ccc([Si]23c4ccccc4Oc4cc(-n5c6ccccc6c6ccccc65)cc(c42)Oc2ccccc23)cc1.c1ccc2c(c1)[nH]c1ccccc12. The zero-order chi connectivity index (χ0) is 91.4. The number of nitrogens with zero attached hydrogens (tertiary/aromatic N) is 1. The molecule has 0 saturated carbocycles. The van der Waals surface area contributed by atoms with Crippen LogP contribution in [0.2, 0.25) is 15.1 Å². The van der Waals surface area contributed by atoms with Crippen molar-refractivity contribution in [3.05, 3.63) is 425 Å². The molecule has 0 unspecified atom stereocenters. The fraction of sp³-hybridized carbons (Fsp3) is 0.0463. The van der Waals surface area contributed by atoms with E-state index in [0.29, 0.717) is 37.5 Å². The molecule has 668 valence electrons. The number of H-pyrrole nitrogens is 1. The van der Waals surface area contributed by atoms with Crippen molar-refractivity contribution < 1.29 is 168 Å². The monoisotopic (exact) mass is 2250 g/mol. The van der Waals surface area contributed by atoms with Gasteiger partial charge in [-0.2, -0.15) is 0 Å². The van der Waals surface area contributed by atoms with Crippen molar-refractivity contribution >= 4 is 222 Å². The first-order chi connectivity index (χ1) is 64.4. The molecule has 17 aromatic carbocycles. The van der Waals surface area contributed by atoms with Crippen molar-refractivity contribution in [3.63, 3.8) is 0 Å². The summed E-state index contributed by atoms with van der Waals surface area (Å²) in [6.07, 6.45) is 2.56. The summed E-state index contributed by atoms with van der Waals surface area (Å²) in [5, 5.41) is 33.5. The first kappa shape index (κ1) is 102. The van der Waals surface area contributed by atoms with Crippen LogP contribution in [0, 0.1) is 11.6 Å². The van der Waals surface area contributed by atoms with E-state index in [-0.39, 0.29) is 135 Å². The van der Waals surface area contributed by atoms with Crippen molar-refractivity contribution in [1.29, 1.82) is 0 Å². The first-order valence-corrected chi connectivity index (χ1v) is 50.6. The molecule has 0 spiro atoms. The predicted octanol–water partition coefficient (Wildman–Crippen LogP) is 21.6. The van der Waals surface area contributed by atoms with Crippen LogP contribution in [0.15, 0.2) is 398 Å². The van der Waals surface area contributed by atoms with Gasteiger partial charge in [0.1, 0.15) is 90.9 Å². The van der Waals surface area contributed by atoms with Gasteiger partial charge in [0.2, 0.25) is 0 Å². The zero-order valence-corrected chi connectivity index (χ0v) is 89.9. The first-order valence-electron chi connectivity index (χ1n) is 41.5. The molecule has 13 nitrogen and oxygen atoms in total. The summed E-state index contributed by atoms with van der Waals surface area (Å²) in [5.74, 6) is 8.40. The Balaban J connectivity index is 0.000000154. The van der Waals surface area contributed by atoms with E-state index < -0.39 is 27.8 Å². The second-order valence-corrected chi connectivity index (χ2v) is 43.0. The number of carbonyl (C=O) groups is 1. The number of benzene rings is 17. The number of aromatic hydroxyl groups is 1. The van der Waals surface area contributed by atoms with Crippen LogP contribution in [-0.4, -0.2) is 50.5 Å². The summed E-state index contributed by atoms with van der Waals surface area (Å²) in [4.78, 5) is 14.6. The standard InChI is InChI=1S/C36H23NO2Si.C24H15ClO2Si.C18H10Br3ClO2.C12H9N.C6H2BrClF2.C6H5BrO.C4H8O.CH2O3.CH4.2K.H2.H/c1-2-12-25(13-3-1)40-34-20-10-8-18-30(34)38-32-22-24(23-33(36(32)40)39-31-19-9-11-21-35(31)40)37-28-16-6-4-14-26(28)27-15-5-7-17-29(27)37;25-16-14-20-24-21(15-16)27-19-11-5-7-13-23(19)28(24,17-8-2-1-3-9-17)22-12-6-4-10-18(22)26-20;19-12-5-1-3-7-14(12)23-16-9-11(22)10-17(18(16)21)24-15-8-4-2-6-13(15)20;1-3-7-11-9(5-1)10-6-2-4-8-12(10)13-11;7-6-4(9)1-3(8)2-5(6)10;7-5-3-1-2-4-6(5)8;1-2-4-5-3-1;2-1-4-3;;;;;/h1-23H;1-15H;1-10H;1-8,13H;1-2H;1-4,8H;1-4H2;1,3H;1H4;;;1H;/q;;;;;;;;;2*+1;;-1/p-1/i;;;;;;;;;;;1+1;. The van der Waals surface area contributed by atoms with Gasteiger partial charge in [0.05, 0.1) is 34.6 Å². The summed E-state index contributed by atoms with van der Waals surface area (Å²) in [6, 6.07) is 126. The van der Waals surface area contributed by atoms with Crippen molar-refractivity contribution in [2.45, 2.75) is 20.3 Å². The predicted molar refractivity (Wildman–Crippen MR) is 555 cm³/mol. The molecule has 0 bridgehead atoms. The maximum Gasteiger partial charge on any atom is 1.00 e. The number of phenolic OH excluding ortho intramolecular Hbond substituents is 1. The molecule has 0 aliphatic carbocycles. The molecule has 5 aliphatic rings. The van der Waals surface area contributed by atoms with Crippen LogP contribution in [-0.2, 0) is 14.4 Å². The third kappa shape index (κ3) is 21.9. The summed E-state index contributed by atoms with van der Waals surface area (Å²) >= 11 is 34.3. The average Bonchev–Trinajstić information content (AvgIpc) is 1.31. The second-order valence-electron chi connectivity index (χ2n) is 30.2. The number of hydrogen-bond acceptors (Lipinski definition) is 11. The molecule has 2 aromatic heterocycles. The molecule has 1 saturated heterocycles. The molecule has 1 fully saturated rings. The Bertz CT molecular complexity index is 7110. The molecule has 0 radical (unpaired) electrons.